The summed E-state index contributed by atoms with van der Waals surface area (Å²) in [6.45, 7) is 0.308. The maximum Gasteiger partial charge on any atom is 0.275 e. The molecule has 0 atom stereocenters. The average Bonchev–Trinajstić information content (AvgIpc) is 3.13. The summed E-state index contributed by atoms with van der Waals surface area (Å²) in [5.74, 6) is -3.39. The van der Waals surface area contributed by atoms with Crippen LogP contribution in [0.2, 0.25) is 0 Å². The van der Waals surface area contributed by atoms with Crippen molar-refractivity contribution < 1.29 is 18.4 Å². The Morgan fingerprint density at radius 3 is 2.62 bits per heavy atom. The van der Waals surface area contributed by atoms with E-state index in [-0.39, 0.29) is 16.9 Å². The molecule has 0 spiro atoms. The molecule has 3 rings (SSSR count). The number of aryl methyl sites for hydroxylation is 1. The van der Waals surface area contributed by atoms with Crippen molar-refractivity contribution in [1.82, 2.24) is 24.6 Å². The minimum Gasteiger partial charge on any atom is -0.341 e. The molecule has 0 aliphatic carbocycles. The number of aromatic nitrogens is 4. The van der Waals surface area contributed by atoms with Crippen LogP contribution in [0.5, 0.6) is 0 Å². The van der Waals surface area contributed by atoms with Crippen molar-refractivity contribution in [3.63, 3.8) is 0 Å². The smallest absolute Gasteiger partial charge is 0.275 e. The maximum absolute atomic E-state index is 14.2. The molecule has 0 aliphatic heterocycles. The van der Waals surface area contributed by atoms with E-state index >= 15 is 0 Å². The number of carbonyl (C=O) groups excluding carboxylic acids is 2. The van der Waals surface area contributed by atoms with E-state index in [4.69, 9.17) is 0 Å². The van der Waals surface area contributed by atoms with Crippen molar-refractivity contribution in [3.05, 3.63) is 71.6 Å². The lowest BCUT2D eigenvalue weighted by atomic mass is 10.1. The zero-order valence-corrected chi connectivity index (χ0v) is 15.8. The van der Waals surface area contributed by atoms with Gasteiger partial charge in [0.1, 0.15) is 17.3 Å². The molecule has 1 aromatic carbocycles. The predicted molar refractivity (Wildman–Crippen MR) is 100 cm³/mol. The van der Waals surface area contributed by atoms with E-state index in [0.29, 0.717) is 19.0 Å². The van der Waals surface area contributed by atoms with Crippen LogP contribution >= 0.6 is 0 Å². The molecule has 0 radical (unpaired) electrons. The molecule has 2 heterocycles. The molecule has 3 aromatic rings. The van der Waals surface area contributed by atoms with Crippen LogP contribution in [0.25, 0.3) is 0 Å². The van der Waals surface area contributed by atoms with Crippen LogP contribution < -0.4 is 5.32 Å². The van der Waals surface area contributed by atoms with Crippen molar-refractivity contribution in [2.75, 3.05) is 18.9 Å². The first-order chi connectivity index (χ1) is 13.8. The lowest BCUT2D eigenvalue weighted by Crippen LogP contribution is -2.29. The van der Waals surface area contributed by atoms with Crippen molar-refractivity contribution in [3.8, 4) is 0 Å². The lowest BCUT2D eigenvalue weighted by Gasteiger charge is -2.18. The lowest BCUT2D eigenvalue weighted by molar-refractivity contribution is 0.0791. The molecule has 0 aliphatic rings. The van der Waals surface area contributed by atoms with Crippen LogP contribution in [0, 0.1) is 11.6 Å². The Balaban J connectivity index is 1.75. The molecule has 0 fully saturated rings. The Labute approximate surface area is 165 Å². The molecule has 150 valence electrons. The molecule has 0 unspecified atom stereocenters. The van der Waals surface area contributed by atoms with Crippen molar-refractivity contribution >= 4 is 17.5 Å². The van der Waals surface area contributed by atoms with Gasteiger partial charge in [-0.05, 0) is 18.1 Å². The second-order valence-corrected chi connectivity index (χ2v) is 6.36. The van der Waals surface area contributed by atoms with Gasteiger partial charge in [0.05, 0.1) is 23.6 Å². The minimum absolute atomic E-state index is 0.0438. The first-order valence-corrected chi connectivity index (χ1v) is 8.64. The minimum atomic E-state index is -1.02. The van der Waals surface area contributed by atoms with Crippen molar-refractivity contribution in [2.24, 2.45) is 7.05 Å². The number of benzene rings is 1. The fourth-order valence-corrected chi connectivity index (χ4v) is 2.62. The van der Waals surface area contributed by atoms with Crippen LogP contribution in [0.1, 0.15) is 26.4 Å². The van der Waals surface area contributed by atoms with Crippen LogP contribution in [-0.2, 0) is 13.5 Å². The normalized spacial score (nSPS) is 10.6. The first kappa shape index (κ1) is 20.1. The molecule has 29 heavy (non-hydrogen) atoms. The highest BCUT2D eigenvalue weighted by molar-refractivity contribution is 6.03. The summed E-state index contributed by atoms with van der Waals surface area (Å²) >= 11 is 0. The third kappa shape index (κ3) is 4.78. The third-order valence-electron chi connectivity index (χ3n) is 4.17. The summed E-state index contributed by atoms with van der Waals surface area (Å²) in [4.78, 5) is 33.7. The Kier molecular flexibility index (Phi) is 5.91. The van der Waals surface area contributed by atoms with E-state index in [1.165, 1.54) is 30.5 Å². The highest BCUT2D eigenvalue weighted by atomic mass is 19.1. The highest BCUT2D eigenvalue weighted by Gasteiger charge is 2.21. The largest absolute Gasteiger partial charge is 0.341 e. The van der Waals surface area contributed by atoms with Crippen LogP contribution in [0.4, 0.5) is 14.5 Å². The molecule has 0 saturated heterocycles. The summed E-state index contributed by atoms with van der Waals surface area (Å²) in [6.07, 6.45) is 7.91. The summed E-state index contributed by atoms with van der Waals surface area (Å²) in [6, 6.07) is 1.54. The van der Waals surface area contributed by atoms with Gasteiger partial charge in [0.2, 0.25) is 0 Å². The van der Waals surface area contributed by atoms with Gasteiger partial charge in [-0.3, -0.25) is 19.3 Å². The van der Waals surface area contributed by atoms with Crippen molar-refractivity contribution in [2.45, 2.75) is 6.42 Å². The van der Waals surface area contributed by atoms with E-state index < -0.39 is 23.4 Å². The molecule has 2 amide bonds. The van der Waals surface area contributed by atoms with Crippen LogP contribution in [0.15, 0.2) is 43.1 Å². The summed E-state index contributed by atoms with van der Waals surface area (Å²) in [7, 11) is 3.29. The molecule has 1 N–H and O–H groups in total. The number of likely N-dealkylation sites (N-methyl/N-ethyl adjacent to an activating group) is 1. The fraction of sp³-hybridized carbons (Fsp3) is 0.211. The van der Waals surface area contributed by atoms with Gasteiger partial charge in [-0.1, -0.05) is 0 Å². The summed E-state index contributed by atoms with van der Waals surface area (Å²) in [5, 5.41) is 6.33. The van der Waals surface area contributed by atoms with E-state index in [1.807, 2.05) is 6.20 Å². The maximum atomic E-state index is 14.2. The molecular weight excluding hydrogens is 382 g/mol. The zero-order valence-electron chi connectivity index (χ0n) is 15.8. The Morgan fingerprint density at radius 2 is 1.97 bits per heavy atom. The molecule has 0 saturated carbocycles. The average molecular weight is 400 g/mol. The number of anilines is 1. The molecular formula is C19H18F2N6O2. The van der Waals surface area contributed by atoms with Gasteiger partial charge in [-0.25, -0.2) is 13.8 Å². The molecule has 0 bridgehead atoms. The third-order valence-corrected chi connectivity index (χ3v) is 4.17. The van der Waals surface area contributed by atoms with Gasteiger partial charge >= 0.3 is 0 Å². The second kappa shape index (κ2) is 8.55. The van der Waals surface area contributed by atoms with Gasteiger partial charge in [0, 0.05) is 45.3 Å². The van der Waals surface area contributed by atoms with Crippen LogP contribution in [0.3, 0.4) is 0 Å². The fourth-order valence-electron chi connectivity index (χ4n) is 2.62. The van der Waals surface area contributed by atoms with Crippen molar-refractivity contribution in [1.29, 1.82) is 0 Å². The Morgan fingerprint density at radius 1 is 1.17 bits per heavy atom. The van der Waals surface area contributed by atoms with Gasteiger partial charge < -0.3 is 10.2 Å². The van der Waals surface area contributed by atoms with E-state index in [2.05, 4.69) is 20.4 Å². The van der Waals surface area contributed by atoms with Gasteiger partial charge in [-0.15, -0.1) is 0 Å². The zero-order chi connectivity index (χ0) is 21.0. The topological polar surface area (TPSA) is 93.0 Å². The predicted octanol–water partition coefficient (Wildman–Crippen LogP) is 2.06. The molecule has 2 aromatic heterocycles. The second-order valence-electron chi connectivity index (χ2n) is 6.36. The van der Waals surface area contributed by atoms with Crippen LogP contribution in [-0.4, -0.2) is 50.1 Å². The van der Waals surface area contributed by atoms with E-state index in [0.717, 1.165) is 11.6 Å². The summed E-state index contributed by atoms with van der Waals surface area (Å²) < 4.78 is 30.0. The monoisotopic (exact) mass is 400 g/mol. The van der Waals surface area contributed by atoms with E-state index in [9.17, 15) is 18.4 Å². The Hall–Kier alpha value is -3.69. The van der Waals surface area contributed by atoms with Gasteiger partial charge in [0.25, 0.3) is 11.8 Å². The first-order valence-electron chi connectivity index (χ1n) is 8.64. The molecule has 8 nitrogen and oxygen atoms in total. The molecule has 10 heteroatoms. The van der Waals surface area contributed by atoms with E-state index in [1.54, 1.807) is 17.9 Å². The quantitative estimate of drug-likeness (QED) is 0.684. The number of amides is 2. The number of hydrogen-bond donors (Lipinski definition) is 1. The summed E-state index contributed by atoms with van der Waals surface area (Å²) in [5.41, 5.74) is 0.196. The van der Waals surface area contributed by atoms with Gasteiger partial charge in [-0.2, -0.15) is 5.10 Å². The number of halogens is 2. The SMILES string of the molecule is CN(CCc1cnn(C)c1)C(=O)c1cc(NC(=O)c2cnccn2)c(F)cc1F. The number of nitrogens with zero attached hydrogens (tertiary/aromatic N) is 5. The van der Waals surface area contributed by atoms with Gasteiger partial charge in [0.15, 0.2) is 0 Å². The highest BCUT2D eigenvalue weighted by Crippen LogP contribution is 2.21. The standard InChI is InChI=1S/C19H18F2N6O2/c1-26(6-3-12-9-24-27(2)11-12)19(29)13-7-16(15(21)8-14(13)20)25-18(28)17-10-22-4-5-23-17/h4-5,7-11H,3,6H2,1-2H3,(H,25,28). The number of rotatable bonds is 6. The number of nitrogens with one attached hydrogen (secondary N) is 1. The number of hydrogen-bond acceptors (Lipinski definition) is 5. The number of carbonyl (C=O) groups is 2. The Bertz CT molecular complexity index is 1040.